The predicted octanol–water partition coefficient (Wildman–Crippen LogP) is 4.38. The maximum atomic E-state index is 14.2. The summed E-state index contributed by atoms with van der Waals surface area (Å²) in [7, 11) is 0.143. The van der Waals surface area contributed by atoms with E-state index >= 15 is 0 Å². The Morgan fingerprint density at radius 1 is 0.878 bits per heavy atom. The van der Waals surface area contributed by atoms with Crippen LogP contribution in [0.1, 0.15) is 35.6 Å². The Hall–Kier alpha value is -4.05. The number of rotatable bonds is 12. The average molecular weight is 582 g/mol. The molecule has 2 amide bonds. The van der Waals surface area contributed by atoms with E-state index in [4.69, 9.17) is 9.47 Å². The molecule has 0 saturated heterocycles. The largest absolute Gasteiger partial charge is 0.493 e. The summed E-state index contributed by atoms with van der Waals surface area (Å²) in [4.78, 5) is 28.4. The van der Waals surface area contributed by atoms with Gasteiger partial charge in [-0.25, -0.2) is 8.42 Å². The van der Waals surface area contributed by atoms with Crippen molar-refractivity contribution in [3.05, 3.63) is 82.9 Å². The van der Waals surface area contributed by atoms with E-state index in [1.165, 1.54) is 44.4 Å². The van der Waals surface area contributed by atoms with E-state index < -0.39 is 28.5 Å². The molecule has 0 heterocycles. The number of nitrogens with one attached hydrogen (secondary N) is 1. The van der Waals surface area contributed by atoms with Gasteiger partial charge in [0, 0.05) is 19.7 Å². The summed E-state index contributed by atoms with van der Waals surface area (Å²) in [6.45, 7) is 7.12. The molecule has 0 spiro atoms. The van der Waals surface area contributed by atoms with Gasteiger partial charge in [0.1, 0.15) is 12.6 Å². The van der Waals surface area contributed by atoms with Crippen LogP contribution in [0, 0.1) is 20.8 Å². The molecule has 10 heteroatoms. The molecule has 3 aromatic carbocycles. The molecule has 220 valence electrons. The number of methoxy groups -OCH3 is 2. The molecule has 0 bridgehead atoms. The zero-order valence-corrected chi connectivity index (χ0v) is 25.5. The smallest absolute Gasteiger partial charge is 0.264 e. The van der Waals surface area contributed by atoms with Crippen LogP contribution in [0.25, 0.3) is 0 Å². The number of sulfonamides is 1. The van der Waals surface area contributed by atoms with Gasteiger partial charge < -0.3 is 19.7 Å². The standard InChI is InChI=1S/C31H39N3O6S/c1-8-27(31(36)32-5)33(19-24-11-9-10-21(2)15-24)30(35)20-34(25-16-22(3)14-23(4)17-25)41(37,38)26-12-13-28(39-6)29(18-26)40-7/h9-18,27H,8,19-20H2,1-7H3,(H,32,36). The minimum absolute atomic E-state index is 0.0642. The number of ether oxygens (including phenoxy) is 2. The van der Waals surface area contributed by atoms with Crippen LogP contribution in [-0.2, 0) is 26.2 Å². The van der Waals surface area contributed by atoms with Gasteiger partial charge >= 0.3 is 0 Å². The Kier molecular flexibility index (Phi) is 10.4. The summed E-state index contributed by atoms with van der Waals surface area (Å²) in [6.07, 6.45) is 0.350. The van der Waals surface area contributed by atoms with E-state index in [2.05, 4.69) is 5.32 Å². The van der Waals surface area contributed by atoms with E-state index in [0.29, 0.717) is 17.9 Å². The molecule has 0 aliphatic heterocycles. The Balaban J connectivity index is 2.14. The van der Waals surface area contributed by atoms with E-state index in [1.807, 2.05) is 58.0 Å². The highest BCUT2D eigenvalue weighted by Gasteiger charge is 2.34. The van der Waals surface area contributed by atoms with Gasteiger partial charge in [0.15, 0.2) is 11.5 Å². The maximum absolute atomic E-state index is 14.2. The molecule has 0 fully saturated rings. The van der Waals surface area contributed by atoms with Crippen molar-refractivity contribution in [1.82, 2.24) is 10.2 Å². The number of amides is 2. The summed E-state index contributed by atoms with van der Waals surface area (Å²) in [6, 6.07) is 16.5. The molecule has 9 nitrogen and oxygen atoms in total. The SMILES string of the molecule is CCC(C(=O)NC)N(Cc1cccc(C)c1)C(=O)CN(c1cc(C)cc(C)c1)S(=O)(=O)c1ccc(OC)c(OC)c1. The summed E-state index contributed by atoms with van der Waals surface area (Å²) in [5.41, 5.74) is 3.87. The zero-order valence-electron chi connectivity index (χ0n) is 24.7. The molecule has 41 heavy (non-hydrogen) atoms. The van der Waals surface area contributed by atoms with Gasteiger partial charge in [0.05, 0.1) is 24.8 Å². The van der Waals surface area contributed by atoms with Crippen LogP contribution in [0.15, 0.2) is 65.6 Å². The van der Waals surface area contributed by atoms with Crippen LogP contribution in [-0.4, -0.2) is 59.0 Å². The lowest BCUT2D eigenvalue weighted by Gasteiger charge is -2.33. The molecular weight excluding hydrogens is 542 g/mol. The Bertz CT molecular complexity index is 1490. The van der Waals surface area contributed by atoms with Crippen molar-refractivity contribution < 1.29 is 27.5 Å². The van der Waals surface area contributed by atoms with E-state index in [9.17, 15) is 18.0 Å². The Labute approximate surface area is 243 Å². The number of nitrogens with zero attached hydrogens (tertiary/aromatic N) is 2. The fraction of sp³-hybridized carbons (Fsp3) is 0.355. The number of likely N-dealkylation sites (N-methyl/N-ethyl adjacent to an activating group) is 1. The molecule has 0 saturated carbocycles. The first-order chi connectivity index (χ1) is 19.4. The third-order valence-corrected chi connectivity index (χ3v) is 8.55. The van der Waals surface area contributed by atoms with Gasteiger partial charge in [-0.2, -0.15) is 0 Å². The molecule has 0 aliphatic rings. The zero-order chi connectivity index (χ0) is 30.3. The molecule has 0 radical (unpaired) electrons. The third-order valence-electron chi connectivity index (χ3n) is 6.78. The van der Waals surface area contributed by atoms with Gasteiger partial charge in [-0.1, -0.05) is 42.8 Å². The van der Waals surface area contributed by atoms with Gasteiger partial charge in [0.25, 0.3) is 10.0 Å². The fourth-order valence-corrected chi connectivity index (χ4v) is 6.23. The van der Waals surface area contributed by atoms with Gasteiger partial charge in [-0.3, -0.25) is 13.9 Å². The monoisotopic (exact) mass is 581 g/mol. The molecule has 3 rings (SSSR count). The highest BCUT2D eigenvalue weighted by molar-refractivity contribution is 7.92. The van der Waals surface area contributed by atoms with E-state index in [1.54, 1.807) is 12.1 Å². The second-order valence-electron chi connectivity index (χ2n) is 9.92. The first-order valence-corrected chi connectivity index (χ1v) is 14.8. The summed E-state index contributed by atoms with van der Waals surface area (Å²) < 4.78 is 40.1. The van der Waals surface area contributed by atoms with Crippen molar-refractivity contribution in [2.45, 2.75) is 51.6 Å². The molecule has 1 atom stereocenters. The third kappa shape index (κ3) is 7.38. The number of carbonyl (C=O) groups is 2. The van der Waals surface area contributed by atoms with Crippen molar-refractivity contribution in [2.75, 3.05) is 32.1 Å². The number of carbonyl (C=O) groups excluding carboxylic acids is 2. The van der Waals surface area contributed by atoms with Crippen LogP contribution in [0.2, 0.25) is 0 Å². The Morgan fingerprint density at radius 2 is 1.54 bits per heavy atom. The minimum atomic E-state index is -4.26. The highest BCUT2D eigenvalue weighted by atomic mass is 32.2. The summed E-state index contributed by atoms with van der Waals surface area (Å²) >= 11 is 0. The van der Waals surface area contributed by atoms with Crippen molar-refractivity contribution in [3.8, 4) is 11.5 Å². The predicted molar refractivity (Wildman–Crippen MR) is 160 cm³/mol. The number of aryl methyl sites for hydroxylation is 3. The number of anilines is 1. The Morgan fingerprint density at radius 3 is 2.10 bits per heavy atom. The van der Waals surface area contributed by atoms with Crippen LogP contribution >= 0.6 is 0 Å². The van der Waals surface area contributed by atoms with E-state index in [-0.39, 0.29) is 23.1 Å². The van der Waals surface area contributed by atoms with Crippen LogP contribution in [0.5, 0.6) is 11.5 Å². The van der Waals surface area contributed by atoms with Crippen molar-refractivity contribution in [1.29, 1.82) is 0 Å². The quantitative estimate of drug-likeness (QED) is 0.341. The molecule has 1 unspecified atom stereocenters. The van der Waals surface area contributed by atoms with Crippen LogP contribution in [0.4, 0.5) is 5.69 Å². The number of hydrogen-bond donors (Lipinski definition) is 1. The lowest BCUT2D eigenvalue weighted by molar-refractivity contribution is -0.140. The van der Waals surface area contributed by atoms with Crippen molar-refractivity contribution in [3.63, 3.8) is 0 Å². The maximum Gasteiger partial charge on any atom is 0.264 e. The second kappa shape index (κ2) is 13.5. The first kappa shape index (κ1) is 31.5. The van der Waals surface area contributed by atoms with Gasteiger partial charge in [0.2, 0.25) is 11.8 Å². The summed E-state index contributed by atoms with van der Waals surface area (Å²) in [5.74, 6) is -0.215. The molecular formula is C31H39N3O6S. The van der Waals surface area contributed by atoms with Gasteiger partial charge in [-0.15, -0.1) is 0 Å². The molecule has 0 aliphatic carbocycles. The minimum Gasteiger partial charge on any atom is -0.493 e. The molecule has 1 N–H and O–H groups in total. The molecule has 3 aromatic rings. The lowest BCUT2D eigenvalue weighted by atomic mass is 10.1. The fourth-order valence-electron chi connectivity index (χ4n) is 4.82. The van der Waals surface area contributed by atoms with Crippen LogP contribution in [0.3, 0.4) is 0 Å². The van der Waals surface area contributed by atoms with E-state index in [0.717, 1.165) is 26.6 Å². The lowest BCUT2D eigenvalue weighted by Crippen LogP contribution is -2.51. The average Bonchev–Trinajstić information content (AvgIpc) is 2.94. The van der Waals surface area contributed by atoms with Crippen molar-refractivity contribution in [2.24, 2.45) is 0 Å². The second-order valence-corrected chi connectivity index (χ2v) is 11.8. The highest BCUT2D eigenvalue weighted by Crippen LogP contribution is 2.33. The first-order valence-electron chi connectivity index (χ1n) is 13.3. The topological polar surface area (TPSA) is 105 Å². The van der Waals surface area contributed by atoms with Gasteiger partial charge in [-0.05, 0) is 68.1 Å². The normalized spacial score (nSPS) is 11.9. The van der Waals surface area contributed by atoms with Crippen molar-refractivity contribution >= 4 is 27.5 Å². The number of hydrogen-bond acceptors (Lipinski definition) is 6. The summed E-state index contributed by atoms with van der Waals surface area (Å²) in [5, 5.41) is 2.64. The molecule has 0 aromatic heterocycles. The number of benzene rings is 3. The van der Waals surface area contributed by atoms with Crippen LogP contribution < -0.4 is 19.1 Å².